The standard InChI is InChI=1S/C12H21N3O/c1-9(13-2)7-11-8-15-12(16-11)10-3-5-14-6-4-10/h8-10,13-14H,3-7H2,1-2H3. The van der Waals surface area contributed by atoms with Gasteiger partial charge in [0.1, 0.15) is 5.76 Å². The molecule has 4 nitrogen and oxygen atoms in total. The zero-order valence-electron chi connectivity index (χ0n) is 10.1. The first-order valence-corrected chi connectivity index (χ1v) is 6.12. The zero-order valence-corrected chi connectivity index (χ0v) is 10.1. The Morgan fingerprint density at radius 2 is 2.31 bits per heavy atom. The van der Waals surface area contributed by atoms with E-state index in [1.165, 1.54) is 0 Å². The summed E-state index contributed by atoms with van der Waals surface area (Å²) in [5, 5.41) is 6.56. The lowest BCUT2D eigenvalue weighted by Gasteiger charge is -2.19. The Labute approximate surface area is 96.8 Å². The molecule has 0 aromatic carbocycles. The minimum absolute atomic E-state index is 0.439. The van der Waals surface area contributed by atoms with Crippen LogP contribution in [0.2, 0.25) is 0 Å². The molecule has 0 radical (unpaired) electrons. The van der Waals surface area contributed by atoms with Gasteiger partial charge in [-0.3, -0.25) is 0 Å². The fourth-order valence-corrected chi connectivity index (χ4v) is 2.08. The van der Waals surface area contributed by atoms with Crippen LogP contribution in [0.1, 0.15) is 37.3 Å². The van der Waals surface area contributed by atoms with Gasteiger partial charge in [-0.2, -0.15) is 0 Å². The Kier molecular flexibility index (Phi) is 3.96. The van der Waals surface area contributed by atoms with E-state index in [1.54, 1.807) is 0 Å². The van der Waals surface area contributed by atoms with E-state index in [0.717, 1.165) is 44.0 Å². The number of hydrogen-bond donors (Lipinski definition) is 2. The van der Waals surface area contributed by atoms with Gasteiger partial charge < -0.3 is 15.1 Å². The summed E-state index contributed by atoms with van der Waals surface area (Å²) in [5.74, 6) is 2.44. The minimum Gasteiger partial charge on any atom is -0.445 e. The summed E-state index contributed by atoms with van der Waals surface area (Å²) in [6.45, 7) is 4.30. The summed E-state index contributed by atoms with van der Waals surface area (Å²) >= 11 is 0. The third kappa shape index (κ3) is 2.83. The van der Waals surface area contributed by atoms with Crippen molar-refractivity contribution in [3.63, 3.8) is 0 Å². The van der Waals surface area contributed by atoms with Crippen molar-refractivity contribution in [1.82, 2.24) is 15.6 Å². The Hall–Kier alpha value is -0.870. The second-order valence-electron chi connectivity index (χ2n) is 4.58. The SMILES string of the molecule is CNC(C)Cc1cnc(C2CCNCC2)o1. The molecule has 1 aromatic heterocycles. The number of oxazole rings is 1. The van der Waals surface area contributed by atoms with Crippen LogP contribution in [0.5, 0.6) is 0 Å². The normalized spacial score (nSPS) is 19.9. The number of likely N-dealkylation sites (N-methyl/N-ethyl adjacent to an activating group) is 1. The molecule has 2 rings (SSSR count). The van der Waals surface area contributed by atoms with Gasteiger partial charge in [0, 0.05) is 18.4 Å². The van der Waals surface area contributed by atoms with E-state index in [-0.39, 0.29) is 0 Å². The molecule has 1 aromatic rings. The first-order chi connectivity index (χ1) is 7.79. The Morgan fingerprint density at radius 3 is 3.00 bits per heavy atom. The molecule has 16 heavy (non-hydrogen) atoms. The lowest BCUT2D eigenvalue weighted by Crippen LogP contribution is -2.26. The van der Waals surface area contributed by atoms with Gasteiger partial charge in [0.05, 0.1) is 6.20 Å². The minimum atomic E-state index is 0.439. The van der Waals surface area contributed by atoms with Crippen LogP contribution in [0.15, 0.2) is 10.6 Å². The summed E-state index contributed by atoms with van der Waals surface area (Å²) in [6, 6.07) is 0.439. The molecule has 4 heteroatoms. The van der Waals surface area contributed by atoms with Crippen molar-refractivity contribution in [3.05, 3.63) is 17.8 Å². The van der Waals surface area contributed by atoms with Crippen molar-refractivity contribution in [2.24, 2.45) is 0 Å². The predicted octanol–water partition coefficient (Wildman–Crippen LogP) is 1.29. The summed E-state index contributed by atoms with van der Waals surface area (Å²) in [7, 11) is 1.97. The van der Waals surface area contributed by atoms with E-state index < -0.39 is 0 Å². The van der Waals surface area contributed by atoms with Gasteiger partial charge in [-0.1, -0.05) is 0 Å². The van der Waals surface area contributed by atoms with E-state index >= 15 is 0 Å². The third-order valence-electron chi connectivity index (χ3n) is 3.26. The van der Waals surface area contributed by atoms with Crippen LogP contribution in [0.25, 0.3) is 0 Å². The van der Waals surface area contributed by atoms with Crippen molar-refractivity contribution < 1.29 is 4.42 Å². The molecule has 0 bridgehead atoms. The molecule has 0 amide bonds. The molecule has 1 saturated heterocycles. The van der Waals surface area contributed by atoms with Gasteiger partial charge in [-0.05, 0) is 39.9 Å². The zero-order chi connectivity index (χ0) is 11.4. The maximum Gasteiger partial charge on any atom is 0.197 e. The van der Waals surface area contributed by atoms with E-state index in [0.29, 0.717) is 12.0 Å². The fraction of sp³-hybridized carbons (Fsp3) is 0.750. The first-order valence-electron chi connectivity index (χ1n) is 6.12. The van der Waals surface area contributed by atoms with Crippen LogP contribution in [-0.4, -0.2) is 31.2 Å². The van der Waals surface area contributed by atoms with Crippen LogP contribution in [0.4, 0.5) is 0 Å². The first kappa shape index (κ1) is 11.6. The second kappa shape index (κ2) is 5.46. The topological polar surface area (TPSA) is 50.1 Å². The summed E-state index contributed by atoms with van der Waals surface area (Å²) in [6.07, 6.45) is 5.07. The number of hydrogen-bond acceptors (Lipinski definition) is 4. The smallest absolute Gasteiger partial charge is 0.197 e. The largest absolute Gasteiger partial charge is 0.445 e. The number of rotatable bonds is 4. The molecule has 1 atom stereocenters. The molecule has 1 fully saturated rings. The van der Waals surface area contributed by atoms with Crippen molar-refractivity contribution in [2.75, 3.05) is 20.1 Å². The molecule has 0 saturated carbocycles. The van der Waals surface area contributed by atoms with Crippen molar-refractivity contribution in [2.45, 2.75) is 38.1 Å². The molecule has 0 aliphatic carbocycles. The maximum absolute atomic E-state index is 5.82. The quantitative estimate of drug-likeness (QED) is 0.807. The molecule has 2 heterocycles. The number of nitrogens with one attached hydrogen (secondary N) is 2. The monoisotopic (exact) mass is 223 g/mol. The Balaban J connectivity index is 1.95. The summed E-state index contributed by atoms with van der Waals surface area (Å²) in [5.41, 5.74) is 0. The number of piperidine rings is 1. The van der Waals surface area contributed by atoms with Crippen LogP contribution < -0.4 is 10.6 Å². The van der Waals surface area contributed by atoms with E-state index in [9.17, 15) is 0 Å². The molecule has 1 aliphatic rings. The van der Waals surface area contributed by atoms with Gasteiger partial charge in [-0.25, -0.2) is 4.98 Å². The van der Waals surface area contributed by atoms with Crippen molar-refractivity contribution >= 4 is 0 Å². The molecule has 0 spiro atoms. The maximum atomic E-state index is 5.82. The van der Waals surface area contributed by atoms with E-state index in [4.69, 9.17) is 4.42 Å². The highest BCUT2D eigenvalue weighted by Crippen LogP contribution is 2.24. The average Bonchev–Trinajstić information content (AvgIpc) is 2.78. The third-order valence-corrected chi connectivity index (χ3v) is 3.26. The second-order valence-corrected chi connectivity index (χ2v) is 4.58. The van der Waals surface area contributed by atoms with Crippen LogP contribution >= 0.6 is 0 Å². The molecule has 1 aliphatic heterocycles. The van der Waals surface area contributed by atoms with Gasteiger partial charge in [0.2, 0.25) is 0 Å². The van der Waals surface area contributed by atoms with Crippen molar-refractivity contribution in [3.8, 4) is 0 Å². The predicted molar refractivity (Wildman–Crippen MR) is 63.6 cm³/mol. The lowest BCUT2D eigenvalue weighted by molar-refractivity contribution is 0.356. The van der Waals surface area contributed by atoms with Crippen LogP contribution in [-0.2, 0) is 6.42 Å². The van der Waals surface area contributed by atoms with Crippen LogP contribution in [0.3, 0.4) is 0 Å². The molecular weight excluding hydrogens is 202 g/mol. The highest BCUT2D eigenvalue weighted by Gasteiger charge is 2.20. The summed E-state index contributed by atoms with van der Waals surface area (Å²) < 4.78 is 5.82. The Bertz CT molecular complexity index is 318. The van der Waals surface area contributed by atoms with E-state index in [1.807, 2.05) is 13.2 Å². The average molecular weight is 223 g/mol. The van der Waals surface area contributed by atoms with Crippen LogP contribution in [0, 0.1) is 0 Å². The van der Waals surface area contributed by atoms with Gasteiger partial charge in [0.15, 0.2) is 5.89 Å². The lowest BCUT2D eigenvalue weighted by atomic mass is 9.98. The van der Waals surface area contributed by atoms with E-state index in [2.05, 4.69) is 22.5 Å². The fourth-order valence-electron chi connectivity index (χ4n) is 2.08. The van der Waals surface area contributed by atoms with Gasteiger partial charge >= 0.3 is 0 Å². The molecule has 1 unspecified atom stereocenters. The highest BCUT2D eigenvalue weighted by atomic mass is 16.4. The number of nitrogens with zero attached hydrogens (tertiary/aromatic N) is 1. The molecule has 90 valence electrons. The molecule has 2 N–H and O–H groups in total. The summed E-state index contributed by atoms with van der Waals surface area (Å²) in [4.78, 5) is 4.40. The Morgan fingerprint density at radius 1 is 1.56 bits per heavy atom. The highest BCUT2D eigenvalue weighted by molar-refractivity contribution is 5.01. The van der Waals surface area contributed by atoms with Gasteiger partial charge in [0.25, 0.3) is 0 Å². The molecular formula is C12H21N3O. The number of aromatic nitrogens is 1. The van der Waals surface area contributed by atoms with Gasteiger partial charge in [-0.15, -0.1) is 0 Å². The van der Waals surface area contributed by atoms with Crippen molar-refractivity contribution in [1.29, 1.82) is 0 Å².